The van der Waals surface area contributed by atoms with Crippen molar-refractivity contribution in [2.24, 2.45) is 5.10 Å². The average molecular weight is 327 g/mol. The minimum absolute atomic E-state index is 0.000426. The van der Waals surface area contributed by atoms with E-state index < -0.39 is 22.3 Å². The molecule has 8 heteroatoms. The molecule has 0 fully saturated rings. The summed E-state index contributed by atoms with van der Waals surface area (Å²) in [5.41, 5.74) is 3.64. The number of amides is 1. The molecule has 2 rings (SSSR count). The van der Waals surface area contributed by atoms with Gasteiger partial charge in [0.2, 0.25) is 0 Å². The van der Waals surface area contributed by atoms with Crippen LogP contribution >= 0.6 is 0 Å². The molecular formula is C16H15N4O4-. The number of hydrazone groups is 1. The third-order valence-corrected chi connectivity index (χ3v) is 3.12. The summed E-state index contributed by atoms with van der Waals surface area (Å²) in [5.74, 6) is -1.16. The van der Waals surface area contributed by atoms with Crippen molar-refractivity contribution in [2.75, 3.05) is 11.9 Å². The molecule has 0 unspecified atom stereocenters. The van der Waals surface area contributed by atoms with Gasteiger partial charge in [-0.2, -0.15) is 5.10 Å². The van der Waals surface area contributed by atoms with E-state index in [1.54, 1.807) is 0 Å². The summed E-state index contributed by atoms with van der Waals surface area (Å²) in [6.07, 6.45) is 1.08. The molecule has 0 aliphatic rings. The summed E-state index contributed by atoms with van der Waals surface area (Å²) in [6, 6.07) is 11.4. The zero-order valence-corrected chi connectivity index (χ0v) is 12.9. The number of nitro benzene ring substituents is 1. The lowest BCUT2D eigenvalue weighted by Crippen LogP contribution is -2.25. The average Bonchev–Trinajstić information content (AvgIpc) is 2.55. The minimum atomic E-state index is -0.760. The van der Waals surface area contributed by atoms with Crippen LogP contribution in [0.5, 0.6) is 5.75 Å². The molecular weight excluding hydrogens is 312 g/mol. The molecule has 2 aromatic rings. The quantitative estimate of drug-likeness (QED) is 0.474. The lowest BCUT2D eigenvalue weighted by atomic mass is 10.2. The maximum Gasteiger partial charge on any atom is 0.262 e. The molecule has 0 aromatic heterocycles. The van der Waals surface area contributed by atoms with Gasteiger partial charge in [-0.25, -0.2) is 5.43 Å². The molecule has 2 N–H and O–H groups in total. The zero-order chi connectivity index (χ0) is 17.5. The van der Waals surface area contributed by atoms with Crippen LogP contribution in [-0.4, -0.2) is 23.6 Å². The van der Waals surface area contributed by atoms with Crippen molar-refractivity contribution in [1.29, 1.82) is 0 Å². The summed E-state index contributed by atoms with van der Waals surface area (Å²) in [5, 5.41) is 29.0. The molecule has 0 heterocycles. The van der Waals surface area contributed by atoms with Gasteiger partial charge in [-0.3, -0.25) is 14.9 Å². The lowest BCUT2D eigenvalue weighted by Gasteiger charge is -2.09. The van der Waals surface area contributed by atoms with Gasteiger partial charge in [0.05, 0.1) is 17.7 Å². The Morgan fingerprint density at radius 3 is 2.62 bits per heavy atom. The van der Waals surface area contributed by atoms with E-state index in [9.17, 15) is 20.0 Å². The molecule has 0 aliphatic carbocycles. The van der Waals surface area contributed by atoms with E-state index in [-0.39, 0.29) is 12.1 Å². The summed E-state index contributed by atoms with van der Waals surface area (Å²) in [4.78, 5) is 21.6. The van der Waals surface area contributed by atoms with Crippen molar-refractivity contribution >= 4 is 23.5 Å². The third-order valence-electron chi connectivity index (χ3n) is 3.12. The largest absolute Gasteiger partial charge is 0.867 e. The molecule has 0 bridgehead atoms. The second kappa shape index (κ2) is 7.73. The van der Waals surface area contributed by atoms with Gasteiger partial charge in [-0.05, 0) is 30.4 Å². The molecule has 24 heavy (non-hydrogen) atoms. The number of carbonyl (C=O) groups is 1. The highest BCUT2D eigenvalue weighted by Crippen LogP contribution is 2.24. The Morgan fingerprint density at radius 2 is 1.96 bits per heavy atom. The number of rotatable bonds is 6. The number of aryl methyl sites for hydroxylation is 1. The Morgan fingerprint density at radius 1 is 1.25 bits per heavy atom. The molecule has 0 saturated carbocycles. The van der Waals surface area contributed by atoms with E-state index >= 15 is 0 Å². The molecule has 0 saturated heterocycles. The van der Waals surface area contributed by atoms with Crippen LogP contribution in [0.1, 0.15) is 11.1 Å². The Labute approximate surface area is 138 Å². The van der Waals surface area contributed by atoms with Gasteiger partial charge in [0.1, 0.15) is 0 Å². The Hall–Kier alpha value is -3.42. The van der Waals surface area contributed by atoms with Crippen LogP contribution in [-0.2, 0) is 4.79 Å². The van der Waals surface area contributed by atoms with Crippen LogP contribution < -0.4 is 15.8 Å². The summed E-state index contributed by atoms with van der Waals surface area (Å²) >= 11 is 0. The fourth-order valence-electron chi connectivity index (χ4n) is 1.85. The monoisotopic (exact) mass is 327 g/mol. The first-order valence-corrected chi connectivity index (χ1v) is 7.04. The number of nitrogens with one attached hydrogen (secondary N) is 2. The summed E-state index contributed by atoms with van der Waals surface area (Å²) in [7, 11) is 0. The van der Waals surface area contributed by atoms with Crippen LogP contribution in [0.25, 0.3) is 0 Å². The van der Waals surface area contributed by atoms with Gasteiger partial charge in [-0.1, -0.05) is 29.8 Å². The minimum Gasteiger partial charge on any atom is -0.867 e. The highest BCUT2D eigenvalue weighted by molar-refractivity contribution is 5.87. The zero-order valence-electron chi connectivity index (χ0n) is 12.9. The van der Waals surface area contributed by atoms with Crippen molar-refractivity contribution in [1.82, 2.24) is 5.43 Å². The van der Waals surface area contributed by atoms with Crippen molar-refractivity contribution in [3.05, 3.63) is 63.7 Å². The van der Waals surface area contributed by atoms with Gasteiger partial charge < -0.3 is 10.4 Å². The standard InChI is InChI=1S/C16H16N4O4/c1-11-5-7-13(8-6-11)17-10-15(21)19-18-9-12-3-2-4-14(16(12)22)20(23)24/h2-9,17,22H,10H2,1H3,(H,19,21)/p-1/b18-9-. The second-order valence-corrected chi connectivity index (χ2v) is 4.97. The Balaban J connectivity index is 1.89. The predicted octanol–water partition coefficient (Wildman–Crippen LogP) is 1.54. The molecule has 124 valence electrons. The number of carbonyl (C=O) groups excluding carboxylic acids is 1. The predicted molar refractivity (Wildman–Crippen MR) is 87.9 cm³/mol. The fourth-order valence-corrected chi connectivity index (χ4v) is 1.85. The van der Waals surface area contributed by atoms with Gasteiger partial charge >= 0.3 is 0 Å². The molecule has 8 nitrogen and oxygen atoms in total. The van der Waals surface area contributed by atoms with Crippen molar-refractivity contribution in [3.8, 4) is 5.75 Å². The highest BCUT2D eigenvalue weighted by Gasteiger charge is 2.08. The van der Waals surface area contributed by atoms with Gasteiger partial charge in [0.15, 0.2) is 0 Å². The van der Waals surface area contributed by atoms with Gasteiger partial charge in [0, 0.05) is 11.8 Å². The van der Waals surface area contributed by atoms with E-state index in [0.29, 0.717) is 0 Å². The lowest BCUT2D eigenvalue weighted by molar-refractivity contribution is -0.398. The molecule has 2 aromatic carbocycles. The molecule has 0 atom stereocenters. The normalized spacial score (nSPS) is 10.5. The van der Waals surface area contributed by atoms with E-state index in [4.69, 9.17) is 0 Å². The van der Waals surface area contributed by atoms with Crippen LogP contribution in [0.15, 0.2) is 47.6 Å². The number of hydrogen-bond donors (Lipinski definition) is 2. The van der Waals surface area contributed by atoms with Crippen LogP contribution in [0, 0.1) is 17.0 Å². The van der Waals surface area contributed by atoms with E-state index in [1.165, 1.54) is 12.1 Å². The second-order valence-electron chi connectivity index (χ2n) is 4.97. The first-order chi connectivity index (χ1) is 11.5. The van der Waals surface area contributed by atoms with Crippen molar-refractivity contribution in [3.63, 3.8) is 0 Å². The third kappa shape index (κ3) is 4.54. The SMILES string of the molecule is Cc1ccc(NCC(=O)N/N=C\c2cccc([N+](=O)[O-])c2[O-])cc1. The van der Waals surface area contributed by atoms with E-state index in [1.807, 2.05) is 31.2 Å². The maximum atomic E-state index is 11.8. The molecule has 0 spiro atoms. The van der Waals surface area contributed by atoms with E-state index in [0.717, 1.165) is 23.5 Å². The Bertz CT molecular complexity index is 772. The smallest absolute Gasteiger partial charge is 0.262 e. The van der Waals surface area contributed by atoms with Crippen molar-refractivity contribution < 1.29 is 14.8 Å². The molecule has 0 radical (unpaired) electrons. The van der Waals surface area contributed by atoms with Crippen LogP contribution in [0.3, 0.4) is 0 Å². The molecule has 1 amide bonds. The highest BCUT2D eigenvalue weighted by atomic mass is 16.6. The number of nitrogens with zero attached hydrogens (tertiary/aromatic N) is 2. The summed E-state index contributed by atoms with van der Waals surface area (Å²) in [6.45, 7) is 1.96. The van der Waals surface area contributed by atoms with Gasteiger partial charge in [-0.15, -0.1) is 0 Å². The Kier molecular flexibility index (Phi) is 5.45. The first kappa shape index (κ1) is 16.9. The van der Waals surface area contributed by atoms with Crippen LogP contribution in [0.2, 0.25) is 0 Å². The maximum absolute atomic E-state index is 11.8. The number of anilines is 1. The first-order valence-electron chi connectivity index (χ1n) is 7.04. The number of benzene rings is 2. The fraction of sp³-hybridized carbons (Fsp3) is 0.125. The number of para-hydroxylation sites is 1. The molecule has 0 aliphatic heterocycles. The van der Waals surface area contributed by atoms with Gasteiger partial charge in [0.25, 0.3) is 11.6 Å². The topological polar surface area (TPSA) is 120 Å². The van der Waals surface area contributed by atoms with E-state index in [2.05, 4.69) is 15.8 Å². The summed E-state index contributed by atoms with van der Waals surface area (Å²) < 4.78 is 0. The van der Waals surface area contributed by atoms with Crippen LogP contribution in [0.4, 0.5) is 11.4 Å². The number of nitro groups is 1. The van der Waals surface area contributed by atoms with Crippen molar-refractivity contribution in [2.45, 2.75) is 6.92 Å². The number of hydrogen-bond acceptors (Lipinski definition) is 6.